The zero-order valence-corrected chi connectivity index (χ0v) is 11.0. The summed E-state index contributed by atoms with van der Waals surface area (Å²) in [5, 5.41) is 0. The summed E-state index contributed by atoms with van der Waals surface area (Å²) < 4.78 is 10.6. The van der Waals surface area contributed by atoms with Crippen molar-refractivity contribution in [1.82, 2.24) is 0 Å². The van der Waals surface area contributed by atoms with Gasteiger partial charge in [0.2, 0.25) is 0 Å². The van der Waals surface area contributed by atoms with Gasteiger partial charge in [-0.1, -0.05) is 6.58 Å². The van der Waals surface area contributed by atoms with Crippen LogP contribution in [-0.2, 0) is 13.6 Å². The highest BCUT2D eigenvalue weighted by atomic mass is 28.4. The molecule has 0 spiro atoms. The maximum atomic E-state index is 11.4. The second kappa shape index (κ2) is 6.17. The molecule has 0 heterocycles. The van der Waals surface area contributed by atoms with Crippen LogP contribution in [0.2, 0.25) is 12.6 Å². The van der Waals surface area contributed by atoms with Crippen molar-refractivity contribution >= 4 is 14.3 Å². The van der Waals surface area contributed by atoms with E-state index in [9.17, 15) is 4.79 Å². The summed E-state index contributed by atoms with van der Waals surface area (Å²) in [5.74, 6) is -0.0847. The number of rotatable bonds is 7. The van der Waals surface area contributed by atoms with E-state index in [2.05, 4.69) is 6.58 Å². The molecule has 1 unspecified atom stereocenters. The van der Waals surface area contributed by atoms with Crippen molar-refractivity contribution < 1.29 is 13.6 Å². The van der Waals surface area contributed by atoms with Crippen LogP contribution in [0.4, 0.5) is 0 Å². The maximum Gasteiger partial charge on any atom is 0.334 e. The summed E-state index contributed by atoms with van der Waals surface area (Å²) in [6.07, 6.45) is 0.579. The molecule has 0 aliphatic heterocycles. The molecule has 88 valence electrons. The molecule has 5 heteroatoms. The molecule has 0 aromatic heterocycles. The van der Waals surface area contributed by atoms with Gasteiger partial charge in [0.15, 0.2) is 5.78 Å². The molecule has 0 saturated carbocycles. The van der Waals surface area contributed by atoms with Gasteiger partial charge < -0.3 is 14.6 Å². The fourth-order valence-corrected chi connectivity index (χ4v) is 2.56. The van der Waals surface area contributed by atoms with Crippen LogP contribution in [0.15, 0.2) is 12.2 Å². The van der Waals surface area contributed by atoms with Crippen molar-refractivity contribution in [2.45, 2.75) is 32.0 Å². The molecule has 0 fully saturated rings. The number of hydrogen-bond donors (Lipinski definition) is 1. The Morgan fingerprint density at radius 1 is 1.47 bits per heavy atom. The summed E-state index contributed by atoms with van der Waals surface area (Å²) in [6.45, 7) is 7.20. The monoisotopic (exact) mass is 231 g/mol. The fourth-order valence-electron chi connectivity index (χ4n) is 1.15. The van der Waals surface area contributed by atoms with Gasteiger partial charge in [-0.2, -0.15) is 0 Å². The average Bonchev–Trinajstić information content (AvgIpc) is 2.24. The zero-order valence-electron chi connectivity index (χ0n) is 10.0. The molecule has 1 atom stereocenters. The van der Waals surface area contributed by atoms with E-state index in [-0.39, 0.29) is 5.78 Å². The number of carbonyl (C=O) groups excluding carboxylic acids is 1. The molecule has 0 rings (SSSR count). The van der Waals surface area contributed by atoms with E-state index in [1.54, 1.807) is 21.1 Å². The Kier molecular flexibility index (Phi) is 5.97. The van der Waals surface area contributed by atoms with Crippen molar-refractivity contribution in [3.05, 3.63) is 12.2 Å². The molecule has 0 amide bonds. The van der Waals surface area contributed by atoms with Crippen molar-refractivity contribution in [1.29, 1.82) is 0 Å². The minimum absolute atomic E-state index is 0.0847. The summed E-state index contributed by atoms with van der Waals surface area (Å²) in [5.41, 5.74) is 6.24. The van der Waals surface area contributed by atoms with E-state index in [1.807, 2.05) is 6.55 Å². The normalized spacial score (nSPS) is 13.7. The molecule has 0 saturated heterocycles. The highest BCUT2D eigenvalue weighted by molar-refractivity contribution is 6.65. The molecule has 0 aromatic carbocycles. The summed E-state index contributed by atoms with van der Waals surface area (Å²) in [6, 6.07) is 0.222. The van der Waals surface area contributed by atoms with Crippen LogP contribution in [0.25, 0.3) is 0 Å². The number of ketones is 1. The summed E-state index contributed by atoms with van der Waals surface area (Å²) in [4.78, 5) is 11.4. The first-order valence-corrected chi connectivity index (χ1v) is 7.44. The van der Waals surface area contributed by atoms with Gasteiger partial charge in [-0.3, -0.25) is 4.79 Å². The second-order valence-electron chi connectivity index (χ2n) is 3.83. The van der Waals surface area contributed by atoms with Gasteiger partial charge in [0.25, 0.3) is 0 Å². The summed E-state index contributed by atoms with van der Waals surface area (Å²) in [7, 11) is 1.15. The van der Waals surface area contributed by atoms with E-state index in [0.717, 1.165) is 0 Å². The predicted molar refractivity (Wildman–Crippen MR) is 62.9 cm³/mol. The predicted octanol–water partition coefficient (Wildman–Crippen LogP) is 1.21. The van der Waals surface area contributed by atoms with Gasteiger partial charge in [0.1, 0.15) is 0 Å². The lowest BCUT2D eigenvalue weighted by molar-refractivity contribution is -0.116. The lowest BCUT2D eigenvalue weighted by Crippen LogP contribution is -2.39. The third-order valence-corrected chi connectivity index (χ3v) is 5.45. The quantitative estimate of drug-likeness (QED) is 0.528. The van der Waals surface area contributed by atoms with E-state index in [4.69, 9.17) is 14.6 Å². The fraction of sp³-hybridized carbons (Fsp3) is 0.700. The van der Waals surface area contributed by atoms with Crippen molar-refractivity contribution in [3.63, 3.8) is 0 Å². The highest BCUT2D eigenvalue weighted by Crippen LogP contribution is 2.15. The van der Waals surface area contributed by atoms with Crippen LogP contribution in [-0.4, -0.2) is 34.6 Å². The SMILES string of the molecule is C=C(C)C(=O)C(N)CC[Si](C)(OC)OC. The van der Waals surface area contributed by atoms with Gasteiger partial charge >= 0.3 is 8.56 Å². The summed E-state index contributed by atoms with van der Waals surface area (Å²) >= 11 is 0. The minimum Gasteiger partial charge on any atom is -0.398 e. The van der Waals surface area contributed by atoms with E-state index < -0.39 is 14.6 Å². The Bertz CT molecular complexity index is 239. The van der Waals surface area contributed by atoms with Crippen LogP contribution in [0.5, 0.6) is 0 Å². The van der Waals surface area contributed by atoms with Crippen molar-refractivity contribution in [2.75, 3.05) is 14.2 Å². The van der Waals surface area contributed by atoms with Crippen LogP contribution in [0, 0.1) is 0 Å². The van der Waals surface area contributed by atoms with Crippen molar-refractivity contribution in [2.24, 2.45) is 5.73 Å². The number of hydrogen-bond acceptors (Lipinski definition) is 4. The van der Waals surface area contributed by atoms with Crippen LogP contribution >= 0.6 is 0 Å². The van der Waals surface area contributed by atoms with Crippen LogP contribution < -0.4 is 5.73 Å². The topological polar surface area (TPSA) is 61.6 Å². The molecule has 15 heavy (non-hydrogen) atoms. The first-order chi connectivity index (χ1) is 6.86. The number of Topliss-reactive ketones (excluding diaryl/α,β-unsaturated/α-hetero) is 1. The molecule has 4 nitrogen and oxygen atoms in total. The van der Waals surface area contributed by atoms with Gasteiger partial charge in [0.05, 0.1) is 6.04 Å². The van der Waals surface area contributed by atoms with Gasteiger partial charge in [-0.05, 0) is 31.5 Å². The molecule has 0 aliphatic carbocycles. The first-order valence-electron chi connectivity index (χ1n) is 4.92. The van der Waals surface area contributed by atoms with Gasteiger partial charge in [-0.25, -0.2) is 0 Å². The second-order valence-corrected chi connectivity index (χ2v) is 7.42. The molecule has 0 radical (unpaired) electrons. The molecule has 0 bridgehead atoms. The molecule has 2 N–H and O–H groups in total. The van der Waals surface area contributed by atoms with E-state index in [0.29, 0.717) is 18.0 Å². The Balaban J connectivity index is 4.15. The molecular weight excluding hydrogens is 210 g/mol. The highest BCUT2D eigenvalue weighted by Gasteiger charge is 2.30. The van der Waals surface area contributed by atoms with Crippen LogP contribution in [0.3, 0.4) is 0 Å². The van der Waals surface area contributed by atoms with Crippen molar-refractivity contribution in [3.8, 4) is 0 Å². The zero-order chi connectivity index (χ0) is 12.1. The third kappa shape index (κ3) is 4.70. The van der Waals surface area contributed by atoms with Gasteiger partial charge in [0, 0.05) is 14.2 Å². The largest absolute Gasteiger partial charge is 0.398 e. The van der Waals surface area contributed by atoms with Gasteiger partial charge in [-0.15, -0.1) is 0 Å². The maximum absolute atomic E-state index is 11.4. The average molecular weight is 231 g/mol. The van der Waals surface area contributed by atoms with Crippen LogP contribution in [0.1, 0.15) is 13.3 Å². The van der Waals surface area contributed by atoms with E-state index in [1.165, 1.54) is 0 Å². The lowest BCUT2D eigenvalue weighted by Gasteiger charge is -2.23. The first kappa shape index (κ1) is 14.5. The Hall–Kier alpha value is -0.493. The number of nitrogens with two attached hydrogens (primary N) is 1. The standard InChI is InChI=1S/C10H21NO3Si/c1-8(2)10(12)9(11)6-7-15(5,13-3)14-4/h9H,1,6-7,11H2,2-5H3. The molecule has 0 aliphatic rings. The number of carbonyl (C=O) groups is 1. The molecule has 0 aromatic rings. The third-order valence-electron chi connectivity index (χ3n) is 2.53. The molecular formula is C10H21NO3Si. The lowest BCUT2D eigenvalue weighted by atomic mass is 10.1. The Labute approximate surface area is 92.7 Å². The minimum atomic E-state index is -2.10. The smallest absolute Gasteiger partial charge is 0.334 e. The van der Waals surface area contributed by atoms with E-state index >= 15 is 0 Å². The Morgan fingerprint density at radius 3 is 2.27 bits per heavy atom. The Morgan fingerprint density at radius 2 is 1.93 bits per heavy atom.